The molecular formula is C9H16O3. The van der Waals surface area contributed by atoms with Crippen LogP contribution < -0.4 is 0 Å². The number of rotatable bonds is 2. The Bertz CT molecular complexity index is 175. The molecule has 0 spiro atoms. The molecule has 1 saturated heterocycles. The second kappa shape index (κ2) is 3.56. The molecule has 1 heterocycles. The fourth-order valence-corrected chi connectivity index (χ4v) is 1.36. The predicted molar refractivity (Wildman–Crippen MR) is 45.7 cm³/mol. The molecule has 1 rings (SSSR count). The third kappa shape index (κ3) is 2.30. The van der Waals surface area contributed by atoms with E-state index in [0.717, 1.165) is 0 Å². The molecule has 0 radical (unpaired) electrons. The highest BCUT2D eigenvalue weighted by atomic mass is 16.7. The first-order valence-electron chi connectivity index (χ1n) is 4.18. The standard InChI is InChI=1S/C9H16O3/c1-7-8(5-4-6-10)12-9(2,3)11-7/h4-5,7-8,10H,6H2,1-3H3/b5-4+/t7-,8-/m0/s1. The number of aliphatic hydroxyl groups excluding tert-OH is 1. The van der Waals surface area contributed by atoms with Crippen molar-refractivity contribution in [3.8, 4) is 0 Å². The SMILES string of the molecule is C[C@@H]1OC(C)(C)O[C@H]1/C=C/CO. The molecule has 1 aliphatic rings. The van der Waals surface area contributed by atoms with Crippen molar-refractivity contribution >= 4 is 0 Å². The van der Waals surface area contributed by atoms with Gasteiger partial charge in [-0.1, -0.05) is 12.2 Å². The first kappa shape index (κ1) is 9.71. The monoisotopic (exact) mass is 172 g/mol. The third-order valence-electron chi connectivity index (χ3n) is 1.78. The Morgan fingerprint density at radius 1 is 1.42 bits per heavy atom. The summed E-state index contributed by atoms with van der Waals surface area (Å²) in [7, 11) is 0. The maximum atomic E-state index is 8.56. The quantitative estimate of drug-likeness (QED) is 0.633. The van der Waals surface area contributed by atoms with E-state index in [1.54, 1.807) is 6.08 Å². The van der Waals surface area contributed by atoms with Gasteiger partial charge < -0.3 is 14.6 Å². The Hall–Kier alpha value is -0.380. The fourth-order valence-electron chi connectivity index (χ4n) is 1.36. The van der Waals surface area contributed by atoms with Crippen LogP contribution in [0.1, 0.15) is 20.8 Å². The summed E-state index contributed by atoms with van der Waals surface area (Å²) in [5, 5.41) is 8.56. The van der Waals surface area contributed by atoms with Gasteiger partial charge in [-0.15, -0.1) is 0 Å². The van der Waals surface area contributed by atoms with Crippen molar-refractivity contribution in [2.75, 3.05) is 6.61 Å². The first-order chi connectivity index (χ1) is 5.55. The summed E-state index contributed by atoms with van der Waals surface area (Å²) in [6.07, 6.45) is 3.53. The Morgan fingerprint density at radius 2 is 2.08 bits per heavy atom. The highest BCUT2D eigenvalue weighted by Crippen LogP contribution is 2.28. The van der Waals surface area contributed by atoms with Gasteiger partial charge in [-0.2, -0.15) is 0 Å². The number of hydrogen-bond donors (Lipinski definition) is 1. The van der Waals surface area contributed by atoms with Crippen molar-refractivity contribution in [1.29, 1.82) is 0 Å². The largest absolute Gasteiger partial charge is 0.392 e. The highest BCUT2D eigenvalue weighted by molar-refractivity contribution is 4.96. The molecule has 0 amide bonds. The van der Waals surface area contributed by atoms with Crippen LogP contribution in [0.2, 0.25) is 0 Å². The molecule has 12 heavy (non-hydrogen) atoms. The summed E-state index contributed by atoms with van der Waals surface area (Å²) in [6, 6.07) is 0. The third-order valence-corrected chi connectivity index (χ3v) is 1.78. The van der Waals surface area contributed by atoms with E-state index in [1.807, 2.05) is 26.8 Å². The van der Waals surface area contributed by atoms with Gasteiger partial charge in [-0.05, 0) is 20.8 Å². The molecule has 1 aliphatic heterocycles. The minimum absolute atomic E-state index is 0.0350. The molecule has 1 N–H and O–H groups in total. The van der Waals surface area contributed by atoms with E-state index in [0.29, 0.717) is 0 Å². The van der Waals surface area contributed by atoms with E-state index in [-0.39, 0.29) is 18.8 Å². The van der Waals surface area contributed by atoms with Crippen molar-refractivity contribution < 1.29 is 14.6 Å². The van der Waals surface area contributed by atoms with Gasteiger partial charge in [-0.25, -0.2) is 0 Å². The van der Waals surface area contributed by atoms with Crippen LogP contribution in [0.15, 0.2) is 12.2 Å². The molecule has 3 nitrogen and oxygen atoms in total. The maximum absolute atomic E-state index is 8.56. The van der Waals surface area contributed by atoms with E-state index in [2.05, 4.69) is 0 Å². The Morgan fingerprint density at radius 3 is 2.50 bits per heavy atom. The molecular weight excluding hydrogens is 156 g/mol. The zero-order valence-electron chi connectivity index (χ0n) is 7.78. The van der Waals surface area contributed by atoms with Crippen LogP contribution in [0.25, 0.3) is 0 Å². The summed E-state index contributed by atoms with van der Waals surface area (Å²) in [4.78, 5) is 0. The zero-order valence-corrected chi connectivity index (χ0v) is 7.78. The molecule has 0 unspecified atom stereocenters. The van der Waals surface area contributed by atoms with Gasteiger partial charge in [0.1, 0.15) is 6.10 Å². The van der Waals surface area contributed by atoms with Crippen LogP contribution in [-0.2, 0) is 9.47 Å². The second-order valence-corrected chi connectivity index (χ2v) is 3.42. The lowest BCUT2D eigenvalue weighted by Crippen LogP contribution is -2.20. The number of hydrogen-bond acceptors (Lipinski definition) is 3. The van der Waals surface area contributed by atoms with Crippen LogP contribution in [-0.4, -0.2) is 29.7 Å². The Kier molecular flexibility index (Phi) is 2.88. The van der Waals surface area contributed by atoms with Crippen LogP contribution in [0.4, 0.5) is 0 Å². The molecule has 0 aromatic carbocycles. The maximum Gasteiger partial charge on any atom is 0.164 e. The average Bonchev–Trinajstić information content (AvgIpc) is 2.20. The normalized spacial score (nSPS) is 34.7. The molecule has 0 aromatic rings. The van der Waals surface area contributed by atoms with E-state index in [1.165, 1.54) is 0 Å². The smallest absolute Gasteiger partial charge is 0.164 e. The predicted octanol–water partition coefficient (Wildman–Crippen LogP) is 1.07. The molecule has 0 aliphatic carbocycles. The van der Waals surface area contributed by atoms with E-state index < -0.39 is 5.79 Å². The fraction of sp³-hybridized carbons (Fsp3) is 0.778. The summed E-state index contributed by atoms with van der Waals surface area (Å²) >= 11 is 0. The van der Waals surface area contributed by atoms with Gasteiger partial charge >= 0.3 is 0 Å². The van der Waals surface area contributed by atoms with Gasteiger partial charge in [0, 0.05) is 0 Å². The lowest BCUT2D eigenvalue weighted by atomic mass is 10.2. The van der Waals surface area contributed by atoms with Crippen molar-refractivity contribution in [1.82, 2.24) is 0 Å². The van der Waals surface area contributed by atoms with Crippen LogP contribution in [0.5, 0.6) is 0 Å². The Balaban J connectivity index is 2.52. The molecule has 0 saturated carbocycles. The van der Waals surface area contributed by atoms with Gasteiger partial charge in [0.25, 0.3) is 0 Å². The van der Waals surface area contributed by atoms with Gasteiger partial charge in [0.15, 0.2) is 5.79 Å². The topological polar surface area (TPSA) is 38.7 Å². The van der Waals surface area contributed by atoms with Crippen molar-refractivity contribution in [2.45, 2.75) is 38.8 Å². The molecule has 1 fully saturated rings. The summed E-state index contributed by atoms with van der Waals surface area (Å²) in [6.45, 7) is 5.78. The minimum atomic E-state index is -0.496. The van der Waals surface area contributed by atoms with Crippen LogP contribution >= 0.6 is 0 Å². The lowest BCUT2D eigenvalue weighted by molar-refractivity contribution is -0.141. The zero-order chi connectivity index (χ0) is 9.19. The molecule has 70 valence electrons. The molecule has 3 heteroatoms. The average molecular weight is 172 g/mol. The lowest BCUT2D eigenvalue weighted by Gasteiger charge is -2.15. The summed E-state index contributed by atoms with van der Waals surface area (Å²) < 4.78 is 11.0. The van der Waals surface area contributed by atoms with E-state index >= 15 is 0 Å². The van der Waals surface area contributed by atoms with Crippen molar-refractivity contribution in [2.24, 2.45) is 0 Å². The van der Waals surface area contributed by atoms with Gasteiger partial charge in [-0.3, -0.25) is 0 Å². The highest BCUT2D eigenvalue weighted by Gasteiger charge is 2.36. The molecule has 0 aromatic heterocycles. The Labute approximate surface area is 73.0 Å². The number of aliphatic hydroxyl groups is 1. The van der Waals surface area contributed by atoms with E-state index in [9.17, 15) is 0 Å². The first-order valence-corrected chi connectivity index (χ1v) is 4.18. The molecule has 2 atom stereocenters. The summed E-state index contributed by atoms with van der Waals surface area (Å²) in [5.41, 5.74) is 0. The van der Waals surface area contributed by atoms with Crippen LogP contribution in [0.3, 0.4) is 0 Å². The van der Waals surface area contributed by atoms with Crippen LogP contribution in [0, 0.1) is 0 Å². The van der Waals surface area contributed by atoms with Crippen molar-refractivity contribution in [3.05, 3.63) is 12.2 Å². The van der Waals surface area contributed by atoms with Gasteiger partial charge in [0.2, 0.25) is 0 Å². The minimum Gasteiger partial charge on any atom is -0.392 e. The van der Waals surface area contributed by atoms with E-state index in [4.69, 9.17) is 14.6 Å². The van der Waals surface area contributed by atoms with Crippen molar-refractivity contribution in [3.63, 3.8) is 0 Å². The second-order valence-electron chi connectivity index (χ2n) is 3.42. The molecule has 0 bridgehead atoms. The van der Waals surface area contributed by atoms with Gasteiger partial charge in [0.05, 0.1) is 12.7 Å². The summed E-state index contributed by atoms with van der Waals surface area (Å²) in [5.74, 6) is -0.496. The number of ether oxygens (including phenoxy) is 2.